The Bertz CT molecular complexity index is 341. The minimum atomic E-state index is -1.21. The van der Waals surface area contributed by atoms with Gasteiger partial charge < -0.3 is 10.4 Å². The van der Waals surface area contributed by atoms with Crippen LogP contribution in [0.25, 0.3) is 0 Å². The quantitative estimate of drug-likeness (QED) is 0.824. The van der Waals surface area contributed by atoms with Gasteiger partial charge in [0.05, 0.1) is 0 Å². The molecule has 16 heavy (non-hydrogen) atoms. The molecule has 0 spiro atoms. The highest BCUT2D eigenvalue weighted by Crippen LogP contribution is 2.27. The van der Waals surface area contributed by atoms with Crippen molar-refractivity contribution in [2.45, 2.75) is 37.9 Å². The summed E-state index contributed by atoms with van der Waals surface area (Å²) in [6.45, 7) is 2.57. The van der Waals surface area contributed by atoms with Crippen LogP contribution in [-0.4, -0.2) is 23.4 Å². The van der Waals surface area contributed by atoms with Crippen molar-refractivity contribution < 1.29 is 9.50 Å². The van der Waals surface area contributed by atoms with Gasteiger partial charge in [-0.25, -0.2) is 4.39 Å². The second kappa shape index (κ2) is 4.42. The smallest absolute Gasteiger partial charge is 0.127 e. The second-order valence-corrected chi connectivity index (χ2v) is 4.77. The van der Waals surface area contributed by atoms with Gasteiger partial charge in [-0.1, -0.05) is 12.1 Å². The summed E-state index contributed by atoms with van der Waals surface area (Å²) in [5, 5.41) is 12.4. The highest BCUT2D eigenvalue weighted by molar-refractivity contribution is 5.27. The molecule has 2 nitrogen and oxygen atoms in total. The molecule has 0 amide bonds. The maximum Gasteiger partial charge on any atom is 0.127 e. The van der Waals surface area contributed by atoms with E-state index in [1.54, 1.807) is 31.2 Å². The van der Waals surface area contributed by atoms with E-state index >= 15 is 0 Å². The molecule has 1 aromatic carbocycles. The molecular formula is C13H18FNO. The molecule has 0 radical (unpaired) electrons. The fourth-order valence-electron chi connectivity index (χ4n) is 2.33. The standard InChI is InChI=1S/C13H18FNO/c1-13(14,12-3-2-8-15-12)9-10-4-6-11(16)7-5-10/h4-7,12,15-16H,2-3,8-9H2,1H3. The number of aromatic hydroxyl groups is 1. The number of hydrogen-bond donors (Lipinski definition) is 2. The Morgan fingerprint density at radius 2 is 2.12 bits per heavy atom. The molecule has 2 unspecified atom stereocenters. The molecule has 1 heterocycles. The third-order valence-corrected chi connectivity index (χ3v) is 3.27. The van der Waals surface area contributed by atoms with Gasteiger partial charge in [-0.05, 0) is 44.0 Å². The zero-order valence-electron chi connectivity index (χ0n) is 9.54. The van der Waals surface area contributed by atoms with Gasteiger partial charge in [0.2, 0.25) is 0 Å². The number of nitrogens with one attached hydrogen (secondary N) is 1. The van der Waals surface area contributed by atoms with Gasteiger partial charge in [-0.3, -0.25) is 0 Å². The molecule has 0 saturated carbocycles. The lowest BCUT2D eigenvalue weighted by Gasteiger charge is -2.27. The van der Waals surface area contributed by atoms with E-state index in [1.165, 1.54) is 0 Å². The largest absolute Gasteiger partial charge is 0.508 e. The van der Waals surface area contributed by atoms with E-state index in [4.69, 9.17) is 5.11 Å². The Hall–Kier alpha value is -1.09. The topological polar surface area (TPSA) is 32.3 Å². The van der Waals surface area contributed by atoms with Crippen LogP contribution in [0.5, 0.6) is 5.75 Å². The van der Waals surface area contributed by atoms with E-state index in [-0.39, 0.29) is 11.8 Å². The number of rotatable bonds is 3. The van der Waals surface area contributed by atoms with Crippen molar-refractivity contribution in [3.63, 3.8) is 0 Å². The molecule has 0 aromatic heterocycles. The van der Waals surface area contributed by atoms with Crippen LogP contribution in [0.15, 0.2) is 24.3 Å². The first-order valence-corrected chi connectivity index (χ1v) is 5.78. The van der Waals surface area contributed by atoms with Crippen LogP contribution < -0.4 is 5.32 Å². The highest BCUT2D eigenvalue weighted by atomic mass is 19.1. The Morgan fingerprint density at radius 1 is 1.44 bits per heavy atom. The van der Waals surface area contributed by atoms with Gasteiger partial charge in [0.25, 0.3) is 0 Å². The maximum absolute atomic E-state index is 14.5. The molecular weight excluding hydrogens is 205 g/mol. The van der Waals surface area contributed by atoms with Gasteiger partial charge in [-0.15, -0.1) is 0 Å². The first kappa shape index (κ1) is 11.4. The number of phenols is 1. The molecule has 1 fully saturated rings. The van der Waals surface area contributed by atoms with Crippen molar-refractivity contribution >= 4 is 0 Å². The molecule has 2 atom stereocenters. The highest BCUT2D eigenvalue weighted by Gasteiger charge is 2.35. The number of halogens is 1. The predicted molar refractivity (Wildman–Crippen MR) is 62.3 cm³/mol. The lowest BCUT2D eigenvalue weighted by molar-refractivity contribution is 0.137. The van der Waals surface area contributed by atoms with Crippen LogP contribution in [-0.2, 0) is 6.42 Å². The van der Waals surface area contributed by atoms with Crippen molar-refractivity contribution in [3.05, 3.63) is 29.8 Å². The zero-order chi connectivity index (χ0) is 11.6. The van der Waals surface area contributed by atoms with Crippen LogP contribution in [0.1, 0.15) is 25.3 Å². The normalized spacial score (nSPS) is 24.2. The minimum absolute atomic E-state index is 0.0405. The lowest BCUT2D eigenvalue weighted by atomic mass is 9.90. The molecule has 1 aromatic rings. The number of phenolic OH excluding ortho intramolecular Hbond substituents is 1. The summed E-state index contributed by atoms with van der Waals surface area (Å²) in [4.78, 5) is 0. The summed E-state index contributed by atoms with van der Waals surface area (Å²) in [5.74, 6) is 0.225. The molecule has 2 rings (SSSR count). The monoisotopic (exact) mass is 223 g/mol. The van der Waals surface area contributed by atoms with E-state index < -0.39 is 5.67 Å². The van der Waals surface area contributed by atoms with Crippen LogP contribution in [0.2, 0.25) is 0 Å². The minimum Gasteiger partial charge on any atom is -0.508 e. The van der Waals surface area contributed by atoms with Crippen molar-refractivity contribution in [2.75, 3.05) is 6.54 Å². The van der Waals surface area contributed by atoms with E-state index in [1.807, 2.05) is 0 Å². The molecule has 2 N–H and O–H groups in total. The van der Waals surface area contributed by atoms with E-state index in [9.17, 15) is 4.39 Å². The Kier molecular flexibility index (Phi) is 3.15. The van der Waals surface area contributed by atoms with E-state index in [2.05, 4.69) is 5.32 Å². The Balaban J connectivity index is 2.04. The summed E-state index contributed by atoms with van der Waals surface area (Å²) >= 11 is 0. The lowest BCUT2D eigenvalue weighted by Crippen LogP contribution is -2.43. The van der Waals surface area contributed by atoms with Crippen molar-refractivity contribution in [1.29, 1.82) is 0 Å². The van der Waals surface area contributed by atoms with Gasteiger partial charge in [0.1, 0.15) is 11.4 Å². The summed E-state index contributed by atoms with van der Waals surface area (Å²) in [5.41, 5.74) is -0.287. The number of benzene rings is 1. The third kappa shape index (κ3) is 2.53. The fourth-order valence-corrected chi connectivity index (χ4v) is 2.33. The Morgan fingerprint density at radius 3 is 2.69 bits per heavy atom. The third-order valence-electron chi connectivity index (χ3n) is 3.27. The number of alkyl halides is 1. The van der Waals surface area contributed by atoms with Gasteiger partial charge in [0, 0.05) is 12.5 Å². The average Bonchev–Trinajstić information content (AvgIpc) is 2.75. The summed E-state index contributed by atoms with van der Waals surface area (Å²) in [6, 6.07) is 6.73. The zero-order valence-corrected chi connectivity index (χ0v) is 9.54. The molecule has 88 valence electrons. The maximum atomic E-state index is 14.5. The molecule has 0 bridgehead atoms. The van der Waals surface area contributed by atoms with Gasteiger partial charge in [0.15, 0.2) is 0 Å². The average molecular weight is 223 g/mol. The molecule has 1 aliphatic heterocycles. The first-order valence-electron chi connectivity index (χ1n) is 5.78. The fraction of sp³-hybridized carbons (Fsp3) is 0.538. The molecule has 1 aliphatic rings. The molecule has 3 heteroatoms. The summed E-state index contributed by atoms with van der Waals surface area (Å²) in [7, 11) is 0. The summed E-state index contributed by atoms with van der Waals surface area (Å²) in [6.07, 6.45) is 2.36. The SMILES string of the molecule is CC(F)(Cc1ccc(O)cc1)C1CCCN1. The summed E-state index contributed by atoms with van der Waals surface area (Å²) < 4.78 is 14.5. The van der Waals surface area contributed by atoms with Crippen LogP contribution in [0.3, 0.4) is 0 Å². The van der Waals surface area contributed by atoms with Crippen LogP contribution >= 0.6 is 0 Å². The van der Waals surface area contributed by atoms with Crippen LogP contribution in [0, 0.1) is 0 Å². The number of hydrogen-bond acceptors (Lipinski definition) is 2. The van der Waals surface area contributed by atoms with E-state index in [0.717, 1.165) is 24.9 Å². The molecule has 0 aliphatic carbocycles. The molecule has 1 saturated heterocycles. The van der Waals surface area contributed by atoms with E-state index in [0.29, 0.717) is 6.42 Å². The first-order chi connectivity index (χ1) is 7.58. The Labute approximate surface area is 95.5 Å². The predicted octanol–water partition coefficient (Wildman–Crippen LogP) is 2.41. The van der Waals surface area contributed by atoms with Crippen molar-refractivity contribution in [2.24, 2.45) is 0 Å². The van der Waals surface area contributed by atoms with Crippen molar-refractivity contribution in [3.8, 4) is 5.75 Å². The van der Waals surface area contributed by atoms with Crippen molar-refractivity contribution in [1.82, 2.24) is 5.32 Å². The van der Waals surface area contributed by atoms with Gasteiger partial charge in [-0.2, -0.15) is 0 Å². The van der Waals surface area contributed by atoms with Crippen LogP contribution in [0.4, 0.5) is 4.39 Å². The van der Waals surface area contributed by atoms with Gasteiger partial charge >= 0.3 is 0 Å². The second-order valence-electron chi connectivity index (χ2n) is 4.77.